The van der Waals surface area contributed by atoms with Crippen molar-refractivity contribution in [1.29, 1.82) is 0 Å². The second-order valence-corrected chi connectivity index (χ2v) is 10.9. The maximum atomic E-state index is 10.5. The van der Waals surface area contributed by atoms with Gasteiger partial charge in [-0.1, -0.05) is 65.5 Å². The fourth-order valence-corrected chi connectivity index (χ4v) is 7.10. The highest BCUT2D eigenvalue weighted by atomic mass is 32.1. The summed E-state index contributed by atoms with van der Waals surface area (Å²) in [5, 5.41) is 25.1. The number of hydrogen-bond acceptors (Lipinski definition) is 3. The van der Waals surface area contributed by atoms with Crippen molar-refractivity contribution in [2.24, 2.45) is 0 Å². The largest absolute Gasteiger partial charge is 0.489 e. The predicted octanol–water partition coefficient (Wildman–Crippen LogP) is 0.467. The van der Waals surface area contributed by atoms with Gasteiger partial charge in [0.2, 0.25) is 0 Å². The van der Waals surface area contributed by atoms with Gasteiger partial charge in [-0.25, -0.2) is 0 Å². The lowest BCUT2D eigenvalue weighted by atomic mass is 9.59. The number of aromatic nitrogens is 1. The Morgan fingerprint density at radius 1 is 0.575 bits per heavy atom. The van der Waals surface area contributed by atoms with Crippen LogP contribution in [0.4, 0.5) is 0 Å². The van der Waals surface area contributed by atoms with Crippen molar-refractivity contribution in [3.05, 3.63) is 78.9 Å². The van der Waals surface area contributed by atoms with Crippen LogP contribution < -0.4 is 32.8 Å². The van der Waals surface area contributed by atoms with Crippen molar-refractivity contribution in [3.8, 4) is 16.8 Å². The summed E-state index contributed by atoms with van der Waals surface area (Å²) in [5.41, 5.74) is 5.54. The molecule has 3 nitrogen and oxygen atoms in total. The van der Waals surface area contributed by atoms with Crippen LogP contribution in [0.15, 0.2) is 78.9 Å². The van der Waals surface area contributed by atoms with E-state index in [0.29, 0.717) is 11.0 Å². The predicted molar refractivity (Wildman–Crippen MR) is 176 cm³/mol. The molecule has 10 heteroatoms. The highest BCUT2D eigenvalue weighted by Gasteiger charge is 2.23. The molecule has 0 unspecified atom stereocenters. The van der Waals surface area contributed by atoms with Crippen LogP contribution in [0.5, 0.6) is 0 Å². The third kappa shape index (κ3) is 3.53. The molecule has 10 radical (unpaired) electrons. The summed E-state index contributed by atoms with van der Waals surface area (Å²) in [5.74, 6) is 0. The Balaban J connectivity index is 1.59. The van der Waals surface area contributed by atoms with E-state index in [-0.39, 0.29) is 27.3 Å². The van der Waals surface area contributed by atoms with Gasteiger partial charge in [-0.3, -0.25) is 0 Å². The molecule has 0 saturated carbocycles. The van der Waals surface area contributed by atoms with Crippen LogP contribution in [0, 0.1) is 0 Å². The Hall–Kier alpha value is -3.57. The Morgan fingerprint density at radius 3 is 1.73 bits per heavy atom. The third-order valence-corrected chi connectivity index (χ3v) is 9.00. The molecule has 0 amide bonds. The van der Waals surface area contributed by atoms with Gasteiger partial charge < -0.3 is 14.6 Å². The molecule has 0 bridgehead atoms. The van der Waals surface area contributed by atoms with E-state index in [9.17, 15) is 10.0 Å². The zero-order valence-corrected chi connectivity index (χ0v) is 22.0. The molecule has 7 aromatic rings. The van der Waals surface area contributed by atoms with Crippen LogP contribution in [-0.4, -0.2) is 61.0 Å². The van der Waals surface area contributed by atoms with Crippen molar-refractivity contribution in [2.45, 2.75) is 0 Å². The average Bonchev–Trinajstić information content (AvgIpc) is 3.51. The first-order valence-corrected chi connectivity index (χ1v) is 13.4. The lowest BCUT2D eigenvalue weighted by Crippen LogP contribution is -2.55. The summed E-state index contributed by atoms with van der Waals surface area (Å²) in [6.07, 6.45) is 0. The first-order valence-electron chi connectivity index (χ1n) is 12.6. The topological polar surface area (TPSA) is 45.4 Å². The average molecular weight is 518 g/mol. The van der Waals surface area contributed by atoms with Gasteiger partial charge in [-0.2, -0.15) is 0 Å². The summed E-state index contributed by atoms with van der Waals surface area (Å²) in [6.45, 7) is 0. The molecule has 176 valence electrons. The minimum Gasteiger partial charge on any atom is -0.423 e. The van der Waals surface area contributed by atoms with Crippen LogP contribution in [0.2, 0.25) is 0 Å². The molecule has 0 fully saturated rings. The minimum absolute atomic E-state index is 0.156. The van der Waals surface area contributed by atoms with Gasteiger partial charge in [0.15, 0.2) is 0 Å². The fraction of sp³-hybridized carbons (Fsp3) is 0. The van der Waals surface area contributed by atoms with Crippen LogP contribution >= 0.6 is 11.3 Å². The van der Waals surface area contributed by atoms with E-state index < -0.39 is 7.12 Å². The van der Waals surface area contributed by atoms with Crippen LogP contribution in [-0.2, 0) is 0 Å². The number of nitrogens with zero attached hydrogens (tertiary/aromatic N) is 1. The van der Waals surface area contributed by atoms with Gasteiger partial charge in [0.1, 0.15) is 39.2 Å². The molecule has 2 N–H and O–H groups in total. The Morgan fingerprint density at radius 2 is 1.12 bits per heavy atom. The number of fused-ring (bicyclic) bond motifs is 6. The van der Waals surface area contributed by atoms with E-state index in [1.807, 2.05) is 48.5 Å². The molecule has 2 heterocycles. The monoisotopic (exact) mass is 519 g/mol. The first-order chi connectivity index (χ1) is 19.3. The molecule has 0 spiro atoms. The number of thiophene rings is 1. The Kier molecular flexibility index (Phi) is 5.87. The van der Waals surface area contributed by atoms with Gasteiger partial charge in [-0.15, -0.1) is 27.7 Å². The number of para-hydroxylation sites is 2. The first kappa shape index (κ1) is 25.4. The second-order valence-electron chi connectivity index (χ2n) is 9.88. The number of hydrogen-bond donors (Lipinski definition) is 2. The standard InChI is InChI=1S/C30H15B6NO2S/c31-24-23(25(32)27(34)28(35)26(24)33)18-9-5-8-17-19-12-14(13-20(36(38)39)30(19)40-29(17)18)37-21-10-3-1-6-15(21)16-7-2-4-11-22(16)37/h1-13,38-39H. The maximum absolute atomic E-state index is 10.5. The molecule has 2 aromatic heterocycles. The van der Waals surface area contributed by atoms with Gasteiger partial charge in [0.25, 0.3) is 0 Å². The second kappa shape index (κ2) is 9.24. The summed E-state index contributed by atoms with van der Waals surface area (Å²) in [4.78, 5) is 0. The zero-order chi connectivity index (χ0) is 27.9. The Labute approximate surface area is 242 Å². The molecule has 0 saturated heterocycles. The summed E-state index contributed by atoms with van der Waals surface area (Å²) in [7, 11) is 29.6. The molecule has 5 aromatic carbocycles. The SMILES string of the molecule is [B]c1c([B])c([B])c(-c2cccc3c2sc2c(B(O)O)cc(-n4c5ccccc5c5ccccc54)cc23)c([B])c1[B]. The van der Waals surface area contributed by atoms with E-state index in [1.54, 1.807) is 0 Å². The van der Waals surface area contributed by atoms with E-state index in [4.69, 9.17) is 39.2 Å². The molecule has 7 rings (SSSR count). The molecular weight excluding hydrogens is 503 g/mol. The van der Waals surface area contributed by atoms with E-state index in [2.05, 4.69) is 34.9 Å². The van der Waals surface area contributed by atoms with Crippen LogP contribution in [0.3, 0.4) is 0 Å². The van der Waals surface area contributed by atoms with Gasteiger partial charge in [-0.05, 0) is 35.4 Å². The quantitative estimate of drug-likeness (QED) is 0.335. The van der Waals surface area contributed by atoms with Crippen molar-refractivity contribution >= 4 is 132 Å². The summed E-state index contributed by atoms with van der Waals surface area (Å²) in [6, 6.07) is 26.1. The van der Waals surface area contributed by atoms with Crippen LogP contribution in [0.25, 0.3) is 58.8 Å². The normalized spacial score (nSPS) is 11.8. The Bertz CT molecular complexity index is 2090. The summed E-state index contributed by atoms with van der Waals surface area (Å²) >= 11 is 1.43. The zero-order valence-electron chi connectivity index (χ0n) is 21.2. The molecule has 0 atom stereocenters. The molecule has 0 aliphatic heterocycles. The van der Waals surface area contributed by atoms with Gasteiger partial charge in [0, 0.05) is 42.1 Å². The van der Waals surface area contributed by atoms with Crippen LogP contribution in [0.1, 0.15) is 0 Å². The van der Waals surface area contributed by atoms with Crippen molar-refractivity contribution in [2.75, 3.05) is 0 Å². The molecule has 40 heavy (non-hydrogen) atoms. The highest BCUT2D eigenvalue weighted by Crippen LogP contribution is 2.40. The van der Waals surface area contributed by atoms with E-state index >= 15 is 0 Å². The van der Waals surface area contributed by atoms with E-state index in [0.717, 1.165) is 53.2 Å². The van der Waals surface area contributed by atoms with Gasteiger partial charge >= 0.3 is 7.12 Å². The summed E-state index contributed by atoms with van der Waals surface area (Å²) < 4.78 is 3.76. The molecule has 0 aliphatic rings. The maximum Gasteiger partial charge on any atom is 0.489 e. The van der Waals surface area contributed by atoms with Crippen molar-refractivity contribution in [1.82, 2.24) is 4.57 Å². The smallest absolute Gasteiger partial charge is 0.423 e. The van der Waals surface area contributed by atoms with E-state index in [1.165, 1.54) is 11.3 Å². The fourth-order valence-electron chi connectivity index (χ4n) is 5.77. The molecular formula is C30H15B6NO2S. The molecule has 0 aliphatic carbocycles. The lowest BCUT2D eigenvalue weighted by molar-refractivity contribution is 0.426. The highest BCUT2D eigenvalue weighted by molar-refractivity contribution is 7.27. The number of rotatable bonds is 3. The third-order valence-electron chi connectivity index (χ3n) is 7.70. The van der Waals surface area contributed by atoms with Crippen molar-refractivity contribution in [3.63, 3.8) is 0 Å². The minimum atomic E-state index is -1.69. The van der Waals surface area contributed by atoms with Gasteiger partial charge in [0.05, 0.1) is 11.0 Å². The number of benzene rings is 5. The van der Waals surface area contributed by atoms with Crippen molar-refractivity contribution < 1.29 is 10.0 Å². The lowest BCUT2D eigenvalue weighted by Gasteiger charge is -2.21.